The van der Waals surface area contributed by atoms with Gasteiger partial charge in [0.1, 0.15) is 0 Å². The molecule has 1 aliphatic rings. The molecule has 0 unspecified atom stereocenters. The zero-order valence-corrected chi connectivity index (χ0v) is 20.5. The van der Waals surface area contributed by atoms with Crippen molar-refractivity contribution in [1.29, 1.82) is 5.26 Å². The van der Waals surface area contributed by atoms with Gasteiger partial charge in [-0.05, 0) is 62.1 Å². The molecule has 180 valence electrons. The number of benzene rings is 2. The Hall–Kier alpha value is -2.51. The molecule has 0 heterocycles. The fourth-order valence-electron chi connectivity index (χ4n) is 3.78. The van der Waals surface area contributed by atoms with E-state index in [0.717, 1.165) is 37.4 Å². The standard InChI is InChI=1S/C23H25F3N4O.2H2S/c1-30(2)20-5-3-4-15(12-20)22(31)29-18-10-8-17(9-11-18)28-19-7-6-16(14-27)21(13-19)23(24,25)26;;/h3-7,12-13,17-18,28H,8-11H2,1-2H3,(H,29,31);2*1H2. The third-order valence-electron chi connectivity index (χ3n) is 5.50. The molecule has 0 atom stereocenters. The van der Waals surface area contributed by atoms with Crippen LogP contribution >= 0.6 is 27.0 Å². The molecular formula is C23H29F3N4OS2. The highest BCUT2D eigenvalue weighted by molar-refractivity contribution is 7.59. The van der Waals surface area contributed by atoms with E-state index in [9.17, 15) is 18.0 Å². The van der Waals surface area contributed by atoms with E-state index in [1.54, 1.807) is 12.1 Å². The minimum absolute atomic E-state index is 0. The molecule has 0 spiro atoms. The molecule has 5 nitrogen and oxygen atoms in total. The smallest absolute Gasteiger partial charge is 0.382 e. The van der Waals surface area contributed by atoms with Gasteiger partial charge in [-0.1, -0.05) is 6.07 Å². The number of alkyl halides is 3. The van der Waals surface area contributed by atoms with E-state index >= 15 is 0 Å². The highest BCUT2D eigenvalue weighted by Crippen LogP contribution is 2.34. The van der Waals surface area contributed by atoms with Crippen LogP contribution in [0.2, 0.25) is 0 Å². The van der Waals surface area contributed by atoms with Crippen LogP contribution in [0, 0.1) is 11.3 Å². The Morgan fingerprint density at radius 1 is 1.03 bits per heavy atom. The molecule has 2 N–H and O–H groups in total. The molecule has 0 saturated heterocycles. The van der Waals surface area contributed by atoms with Gasteiger partial charge in [-0.2, -0.15) is 45.4 Å². The lowest BCUT2D eigenvalue weighted by Gasteiger charge is -2.30. The summed E-state index contributed by atoms with van der Waals surface area (Å²) in [5.74, 6) is -0.123. The molecule has 2 aromatic rings. The maximum atomic E-state index is 13.2. The molecule has 33 heavy (non-hydrogen) atoms. The largest absolute Gasteiger partial charge is 0.417 e. The SMILES string of the molecule is CN(C)c1cccc(C(=O)NC2CCC(Nc3ccc(C#N)c(C(F)(F)F)c3)CC2)c1.S.S. The van der Waals surface area contributed by atoms with Crippen molar-refractivity contribution in [2.45, 2.75) is 43.9 Å². The summed E-state index contributed by atoms with van der Waals surface area (Å²) in [5.41, 5.74) is 0.577. The second kappa shape index (κ2) is 12.1. The quantitative estimate of drug-likeness (QED) is 0.607. The number of rotatable bonds is 5. The van der Waals surface area contributed by atoms with Crippen molar-refractivity contribution in [2.75, 3.05) is 24.3 Å². The summed E-state index contributed by atoms with van der Waals surface area (Å²) < 4.78 is 39.5. The molecule has 0 bridgehead atoms. The Kier molecular flexibility index (Phi) is 10.5. The van der Waals surface area contributed by atoms with Crippen molar-refractivity contribution >= 4 is 44.3 Å². The van der Waals surface area contributed by atoms with Crippen LogP contribution in [0.3, 0.4) is 0 Å². The van der Waals surface area contributed by atoms with Gasteiger partial charge < -0.3 is 15.5 Å². The van der Waals surface area contributed by atoms with E-state index < -0.39 is 11.7 Å². The number of carbonyl (C=O) groups is 1. The Balaban J connectivity index is 0.00000272. The van der Waals surface area contributed by atoms with Gasteiger partial charge >= 0.3 is 6.18 Å². The normalized spacial score (nSPS) is 17.6. The number of halogens is 3. The number of nitrogens with one attached hydrogen (secondary N) is 2. The number of nitriles is 1. The van der Waals surface area contributed by atoms with Crippen molar-refractivity contribution in [1.82, 2.24) is 5.32 Å². The zero-order valence-electron chi connectivity index (χ0n) is 18.5. The number of hydrogen-bond acceptors (Lipinski definition) is 4. The number of carbonyl (C=O) groups excluding carboxylic acids is 1. The van der Waals surface area contributed by atoms with E-state index in [1.165, 1.54) is 12.1 Å². The predicted molar refractivity (Wildman–Crippen MR) is 135 cm³/mol. The van der Waals surface area contributed by atoms with Gasteiger partial charge in [0.2, 0.25) is 0 Å². The van der Waals surface area contributed by atoms with Crippen molar-refractivity contribution in [2.24, 2.45) is 0 Å². The molecule has 1 aliphatic carbocycles. The number of hydrogen-bond donors (Lipinski definition) is 2. The Morgan fingerprint density at radius 2 is 1.67 bits per heavy atom. The minimum Gasteiger partial charge on any atom is -0.382 e. The molecule has 1 saturated carbocycles. The van der Waals surface area contributed by atoms with Crippen LogP contribution in [0.25, 0.3) is 0 Å². The van der Waals surface area contributed by atoms with E-state index in [2.05, 4.69) is 10.6 Å². The Morgan fingerprint density at radius 3 is 2.24 bits per heavy atom. The van der Waals surface area contributed by atoms with Gasteiger partial charge in [-0.25, -0.2) is 0 Å². The van der Waals surface area contributed by atoms with Gasteiger partial charge in [0.15, 0.2) is 0 Å². The van der Waals surface area contributed by atoms with Crippen LogP contribution in [0.4, 0.5) is 24.5 Å². The monoisotopic (exact) mass is 498 g/mol. The third kappa shape index (κ3) is 7.51. The summed E-state index contributed by atoms with van der Waals surface area (Å²) in [6, 6.07) is 12.7. The molecule has 0 aliphatic heterocycles. The third-order valence-corrected chi connectivity index (χ3v) is 5.50. The zero-order chi connectivity index (χ0) is 22.6. The topological polar surface area (TPSA) is 68.2 Å². The Bertz CT molecular complexity index is 984. The second-order valence-electron chi connectivity index (χ2n) is 7.98. The maximum absolute atomic E-state index is 13.2. The van der Waals surface area contributed by atoms with Crippen molar-refractivity contribution in [3.05, 3.63) is 59.2 Å². The van der Waals surface area contributed by atoms with E-state index in [1.807, 2.05) is 37.2 Å². The van der Waals surface area contributed by atoms with E-state index in [-0.39, 0.29) is 50.5 Å². The first kappa shape index (κ1) is 28.5. The van der Waals surface area contributed by atoms with Gasteiger partial charge in [0.25, 0.3) is 5.91 Å². The average Bonchev–Trinajstić information content (AvgIpc) is 2.74. The first-order chi connectivity index (χ1) is 14.7. The van der Waals surface area contributed by atoms with Crippen LogP contribution in [0.1, 0.15) is 47.2 Å². The van der Waals surface area contributed by atoms with Crippen molar-refractivity contribution in [3.8, 4) is 6.07 Å². The van der Waals surface area contributed by atoms with Gasteiger partial charge in [0.05, 0.1) is 17.2 Å². The summed E-state index contributed by atoms with van der Waals surface area (Å²) in [6.07, 6.45) is -1.65. The van der Waals surface area contributed by atoms with Crippen LogP contribution in [-0.4, -0.2) is 32.1 Å². The van der Waals surface area contributed by atoms with Crippen LogP contribution in [-0.2, 0) is 6.18 Å². The van der Waals surface area contributed by atoms with Gasteiger partial charge in [-0.15, -0.1) is 0 Å². The highest BCUT2D eigenvalue weighted by Gasteiger charge is 2.34. The second-order valence-corrected chi connectivity index (χ2v) is 7.98. The fraction of sp³-hybridized carbons (Fsp3) is 0.391. The molecule has 0 radical (unpaired) electrons. The summed E-state index contributed by atoms with van der Waals surface area (Å²) in [7, 11) is 3.83. The number of amides is 1. The lowest BCUT2D eigenvalue weighted by molar-refractivity contribution is -0.137. The van der Waals surface area contributed by atoms with E-state index in [0.29, 0.717) is 11.3 Å². The van der Waals surface area contributed by atoms with Gasteiger partial charge in [-0.3, -0.25) is 4.79 Å². The molecule has 10 heteroatoms. The van der Waals surface area contributed by atoms with Crippen molar-refractivity contribution < 1.29 is 18.0 Å². The molecular weight excluding hydrogens is 469 g/mol. The summed E-state index contributed by atoms with van der Waals surface area (Å²) in [4.78, 5) is 14.5. The van der Waals surface area contributed by atoms with Crippen LogP contribution in [0.5, 0.6) is 0 Å². The minimum atomic E-state index is -4.57. The first-order valence-corrected chi connectivity index (χ1v) is 10.1. The average molecular weight is 499 g/mol. The summed E-state index contributed by atoms with van der Waals surface area (Å²) in [6.45, 7) is 0. The molecule has 2 aromatic carbocycles. The maximum Gasteiger partial charge on any atom is 0.417 e. The lowest BCUT2D eigenvalue weighted by atomic mass is 9.90. The molecule has 0 aromatic heterocycles. The van der Waals surface area contributed by atoms with Crippen LogP contribution < -0.4 is 15.5 Å². The fourth-order valence-corrected chi connectivity index (χ4v) is 3.78. The van der Waals surface area contributed by atoms with Gasteiger partial charge in [0, 0.05) is 43.1 Å². The molecule has 1 fully saturated rings. The summed E-state index contributed by atoms with van der Waals surface area (Å²) >= 11 is 0. The molecule has 3 rings (SSSR count). The van der Waals surface area contributed by atoms with Crippen LogP contribution in [0.15, 0.2) is 42.5 Å². The number of anilines is 2. The molecule has 1 amide bonds. The van der Waals surface area contributed by atoms with Crippen molar-refractivity contribution in [3.63, 3.8) is 0 Å². The number of nitrogens with zero attached hydrogens (tertiary/aromatic N) is 2. The first-order valence-electron chi connectivity index (χ1n) is 10.1. The predicted octanol–water partition coefficient (Wildman–Crippen LogP) is 5.02. The highest BCUT2D eigenvalue weighted by atomic mass is 32.1. The summed E-state index contributed by atoms with van der Waals surface area (Å²) in [5, 5.41) is 15.1. The Labute approximate surface area is 206 Å². The van der Waals surface area contributed by atoms with E-state index in [4.69, 9.17) is 5.26 Å². The lowest BCUT2D eigenvalue weighted by Crippen LogP contribution is -2.40.